The number of ether oxygens (including phenoxy) is 2. The van der Waals surface area contributed by atoms with Crippen molar-refractivity contribution in [2.75, 3.05) is 18.5 Å². The Morgan fingerprint density at radius 1 is 1.19 bits per heavy atom. The summed E-state index contributed by atoms with van der Waals surface area (Å²) in [4.78, 5) is 23.4. The number of carbonyl (C=O) groups excluding carboxylic acids is 2. The van der Waals surface area contributed by atoms with E-state index in [1.54, 1.807) is 6.07 Å². The van der Waals surface area contributed by atoms with E-state index in [1.165, 1.54) is 12.1 Å². The molecule has 0 saturated carbocycles. The van der Waals surface area contributed by atoms with E-state index >= 15 is 0 Å². The van der Waals surface area contributed by atoms with E-state index in [-0.39, 0.29) is 18.1 Å². The third-order valence-electron chi connectivity index (χ3n) is 3.33. The number of amides is 1. The summed E-state index contributed by atoms with van der Waals surface area (Å²) in [7, 11) is 0. The summed E-state index contributed by atoms with van der Waals surface area (Å²) in [5, 5.41) is 11.6. The molecule has 0 unspecified atom stereocenters. The van der Waals surface area contributed by atoms with E-state index in [0.29, 0.717) is 17.0 Å². The number of benzene rings is 2. The van der Waals surface area contributed by atoms with Crippen molar-refractivity contribution in [2.24, 2.45) is 0 Å². The van der Waals surface area contributed by atoms with Gasteiger partial charge in [-0.1, -0.05) is 29.3 Å². The minimum atomic E-state index is -0.537. The maximum atomic E-state index is 11.8. The van der Waals surface area contributed by atoms with Crippen LogP contribution in [0.4, 0.5) is 5.69 Å². The number of anilines is 1. The van der Waals surface area contributed by atoms with Crippen LogP contribution in [0.2, 0.25) is 5.02 Å². The highest BCUT2D eigenvalue weighted by Crippen LogP contribution is 2.20. The fraction of sp³-hybridized carbons (Fsp3) is 0.211. The lowest BCUT2D eigenvalue weighted by molar-refractivity contribution is -0.147. The Kier molecular flexibility index (Phi) is 7.01. The Hall–Kier alpha value is -3.04. The van der Waals surface area contributed by atoms with Crippen LogP contribution >= 0.6 is 11.6 Å². The summed E-state index contributed by atoms with van der Waals surface area (Å²) in [6, 6.07) is 13.9. The normalized spacial score (nSPS) is 9.88. The lowest BCUT2D eigenvalue weighted by Gasteiger charge is -2.08. The van der Waals surface area contributed by atoms with E-state index in [1.807, 2.05) is 37.3 Å². The molecule has 2 rings (SSSR count). The summed E-state index contributed by atoms with van der Waals surface area (Å²) in [5.41, 5.74) is 1.84. The third-order valence-corrected chi connectivity index (χ3v) is 3.65. The van der Waals surface area contributed by atoms with Crippen LogP contribution in [0.1, 0.15) is 17.5 Å². The lowest BCUT2D eigenvalue weighted by atomic mass is 10.2. The van der Waals surface area contributed by atoms with E-state index in [2.05, 4.69) is 5.32 Å². The highest BCUT2D eigenvalue weighted by Gasteiger charge is 2.09. The predicted molar refractivity (Wildman–Crippen MR) is 97.0 cm³/mol. The van der Waals surface area contributed by atoms with Gasteiger partial charge in [0.05, 0.1) is 23.6 Å². The molecule has 1 N–H and O–H groups in total. The van der Waals surface area contributed by atoms with Gasteiger partial charge in [0.2, 0.25) is 0 Å². The summed E-state index contributed by atoms with van der Waals surface area (Å²) in [6.45, 7) is 1.72. The van der Waals surface area contributed by atoms with Gasteiger partial charge in [-0.2, -0.15) is 5.26 Å². The topological polar surface area (TPSA) is 88.4 Å². The van der Waals surface area contributed by atoms with Crippen molar-refractivity contribution >= 4 is 29.2 Å². The zero-order valence-corrected chi connectivity index (χ0v) is 14.9. The summed E-state index contributed by atoms with van der Waals surface area (Å²) in [5.74, 6) is -0.373. The van der Waals surface area contributed by atoms with Gasteiger partial charge >= 0.3 is 5.97 Å². The molecule has 0 bridgehead atoms. The molecule has 2 aromatic carbocycles. The number of hydrogen-bond acceptors (Lipinski definition) is 5. The average molecular weight is 373 g/mol. The second-order valence-electron chi connectivity index (χ2n) is 5.43. The quantitative estimate of drug-likeness (QED) is 0.752. The molecule has 7 heteroatoms. The first kappa shape index (κ1) is 19.3. The lowest BCUT2D eigenvalue weighted by Crippen LogP contribution is -2.21. The van der Waals surface area contributed by atoms with Crippen LogP contribution in [-0.4, -0.2) is 25.1 Å². The maximum Gasteiger partial charge on any atom is 0.309 e. The number of carbonyl (C=O) groups is 2. The van der Waals surface area contributed by atoms with Crippen LogP contribution in [0, 0.1) is 18.3 Å². The van der Waals surface area contributed by atoms with Crippen LogP contribution in [0.3, 0.4) is 0 Å². The molecule has 0 fully saturated rings. The first-order valence-corrected chi connectivity index (χ1v) is 8.20. The van der Waals surface area contributed by atoms with Gasteiger partial charge in [-0.25, -0.2) is 0 Å². The molecule has 0 atom stereocenters. The largest absolute Gasteiger partial charge is 0.493 e. The van der Waals surface area contributed by atoms with Crippen LogP contribution in [0.15, 0.2) is 42.5 Å². The van der Waals surface area contributed by atoms with Crippen molar-refractivity contribution in [3.05, 3.63) is 58.6 Å². The van der Waals surface area contributed by atoms with Gasteiger partial charge < -0.3 is 14.8 Å². The maximum absolute atomic E-state index is 11.8. The minimum absolute atomic E-state index is 0.0316. The van der Waals surface area contributed by atoms with E-state index < -0.39 is 18.5 Å². The van der Waals surface area contributed by atoms with E-state index in [0.717, 1.165) is 5.56 Å². The van der Waals surface area contributed by atoms with Crippen molar-refractivity contribution in [3.8, 4) is 11.8 Å². The number of halogens is 1. The van der Waals surface area contributed by atoms with E-state index in [9.17, 15) is 9.59 Å². The molecule has 6 nitrogen and oxygen atoms in total. The summed E-state index contributed by atoms with van der Waals surface area (Å²) >= 11 is 5.88. The minimum Gasteiger partial charge on any atom is -0.493 e. The first-order valence-electron chi connectivity index (χ1n) is 7.82. The molecule has 26 heavy (non-hydrogen) atoms. The molecule has 2 aromatic rings. The van der Waals surface area contributed by atoms with Gasteiger partial charge in [-0.3, -0.25) is 9.59 Å². The van der Waals surface area contributed by atoms with Crippen LogP contribution in [0.25, 0.3) is 0 Å². The molecule has 0 aliphatic heterocycles. The number of aryl methyl sites for hydroxylation is 1. The second-order valence-corrected chi connectivity index (χ2v) is 5.83. The Balaban J connectivity index is 1.69. The molecule has 0 radical (unpaired) electrons. The Labute approximate surface area is 156 Å². The molecule has 0 aromatic heterocycles. The van der Waals surface area contributed by atoms with Gasteiger partial charge in [-0.15, -0.1) is 0 Å². The SMILES string of the molecule is Cc1ccc(OCCC(=O)OCC(=O)Nc2ccc(C#N)c(Cl)c2)cc1. The van der Waals surface area contributed by atoms with Crippen molar-refractivity contribution in [3.63, 3.8) is 0 Å². The Morgan fingerprint density at radius 3 is 2.58 bits per heavy atom. The van der Waals surface area contributed by atoms with Gasteiger partial charge in [0.25, 0.3) is 5.91 Å². The van der Waals surface area contributed by atoms with Crippen LogP contribution in [0.5, 0.6) is 5.75 Å². The van der Waals surface area contributed by atoms with Crippen molar-refractivity contribution in [2.45, 2.75) is 13.3 Å². The second kappa shape index (κ2) is 9.44. The molecule has 0 aliphatic carbocycles. The molecule has 1 amide bonds. The molecule has 134 valence electrons. The molecule has 0 aliphatic rings. The fourth-order valence-corrected chi connectivity index (χ4v) is 2.21. The average Bonchev–Trinajstić information content (AvgIpc) is 2.62. The number of esters is 1. The number of hydrogen-bond donors (Lipinski definition) is 1. The highest BCUT2D eigenvalue weighted by atomic mass is 35.5. The van der Waals surface area contributed by atoms with Crippen molar-refractivity contribution in [1.82, 2.24) is 0 Å². The number of nitrogens with one attached hydrogen (secondary N) is 1. The van der Waals surface area contributed by atoms with Gasteiger partial charge in [0, 0.05) is 5.69 Å². The molecule has 0 heterocycles. The standard InChI is InChI=1S/C19H17ClN2O4/c1-13-2-6-16(7-3-13)25-9-8-19(24)26-12-18(23)22-15-5-4-14(11-21)17(20)10-15/h2-7,10H,8-9,12H2,1H3,(H,22,23). The Morgan fingerprint density at radius 2 is 1.92 bits per heavy atom. The van der Waals surface area contributed by atoms with Crippen molar-refractivity contribution < 1.29 is 19.1 Å². The van der Waals surface area contributed by atoms with Crippen LogP contribution < -0.4 is 10.1 Å². The number of nitriles is 1. The molecule has 0 spiro atoms. The fourth-order valence-electron chi connectivity index (χ4n) is 1.99. The number of nitrogens with zero attached hydrogens (tertiary/aromatic N) is 1. The molecular weight excluding hydrogens is 356 g/mol. The molecular formula is C19H17ClN2O4. The highest BCUT2D eigenvalue weighted by molar-refractivity contribution is 6.32. The summed E-state index contributed by atoms with van der Waals surface area (Å²) < 4.78 is 10.3. The van der Waals surface area contributed by atoms with Crippen LogP contribution in [-0.2, 0) is 14.3 Å². The van der Waals surface area contributed by atoms with Gasteiger partial charge in [-0.05, 0) is 37.3 Å². The zero-order chi connectivity index (χ0) is 18.9. The van der Waals surface area contributed by atoms with E-state index in [4.69, 9.17) is 26.3 Å². The third kappa shape index (κ3) is 6.11. The predicted octanol–water partition coefficient (Wildman–Crippen LogP) is 3.47. The smallest absolute Gasteiger partial charge is 0.309 e. The Bertz CT molecular complexity index is 828. The number of rotatable bonds is 7. The van der Waals surface area contributed by atoms with Gasteiger partial charge in [0.1, 0.15) is 11.8 Å². The first-order chi connectivity index (χ1) is 12.5. The van der Waals surface area contributed by atoms with Crippen molar-refractivity contribution in [1.29, 1.82) is 5.26 Å². The summed E-state index contributed by atoms with van der Waals surface area (Å²) in [6.07, 6.45) is 0.0316. The van der Waals surface area contributed by atoms with Gasteiger partial charge in [0.15, 0.2) is 6.61 Å². The zero-order valence-electron chi connectivity index (χ0n) is 14.1. The monoisotopic (exact) mass is 372 g/mol. The molecule has 0 saturated heterocycles.